The van der Waals surface area contributed by atoms with Crippen molar-refractivity contribution in [2.45, 2.75) is 26.0 Å². The van der Waals surface area contributed by atoms with Crippen LogP contribution in [0.15, 0.2) is 40.0 Å². The number of aliphatic imine (C=N–C) groups is 1. The molecule has 0 aliphatic rings. The molecule has 1 atom stereocenters. The summed E-state index contributed by atoms with van der Waals surface area (Å²) in [6.45, 7) is 0.225. The van der Waals surface area contributed by atoms with Gasteiger partial charge in [0, 0.05) is 31.8 Å². The zero-order chi connectivity index (χ0) is 18.9. The Labute approximate surface area is 156 Å². The minimum Gasteiger partial charge on any atom is -0.497 e. The third kappa shape index (κ3) is 5.87. The molecule has 5 nitrogen and oxygen atoms in total. The monoisotopic (exact) mass is 383 g/mol. The van der Waals surface area contributed by atoms with Crippen molar-refractivity contribution in [1.29, 1.82) is 0 Å². The molecule has 0 radical (unpaired) electrons. The van der Waals surface area contributed by atoms with E-state index in [1.807, 2.05) is 5.38 Å². The van der Waals surface area contributed by atoms with Crippen molar-refractivity contribution >= 4 is 17.3 Å². The van der Waals surface area contributed by atoms with Gasteiger partial charge in [0.15, 0.2) is 5.96 Å². The van der Waals surface area contributed by atoms with E-state index in [2.05, 4.69) is 38.7 Å². The van der Waals surface area contributed by atoms with Gasteiger partial charge >= 0.3 is 6.61 Å². The molecule has 8 heteroatoms. The summed E-state index contributed by atoms with van der Waals surface area (Å²) in [5.74, 6) is 1.45. The van der Waals surface area contributed by atoms with Crippen LogP contribution in [-0.4, -0.2) is 33.3 Å². The van der Waals surface area contributed by atoms with E-state index in [1.165, 1.54) is 18.7 Å². The number of methoxy groups -OCH3 is 1. The first kappa shape index (κ1) is 20.0. The molecule has 0 aliphatic carbocycles. The average Bonchev–Trinajstić information content (AvgIpc) is 3.16. The second-order valence-corrected chi connectivity index (χ2v) is 6.40. The SMILES string of the molecule is CN=C(NCc1ccc(OC)cc1OC(F)F)NCC(C)c1ccsc1. The fraction of sp³-hybridized carbons (Fsp3) is 0.389. The first-order chi connectivity index (χ1) is 12.5. The maximum absolute atomic E-state index is 12.6. The Morgan fingerprint density at radius 1 is 1.27 bits per heavy atom. The van der Waals surface area contributed by atoms with Crippen LogP contribution in [0, 0.1) is 0 Å². The lowest BCUT2D eigenvalue weighted by Gasteiger charge is -2.17. The van der Waals surface area contributed by atoms with Gasteiger partial charge in [-0.3, -0.25) is 4.99 Å². The third-order valence-electron chi connectivity index (χ3n) is 3.85. The fourth-order valence-electron chi connectivity index (χ4n) is 2.34. The van der Waals surface area contributed by atoms with Gasteiger partial charge in [-0.25, -0.2) is 0 Å². The van der Waals surface area contributed by atoms with Gasteiger partial charge in [0.1, 0.15) is 11.5 Å². The van der Waals surface area contributed by atoms with Gasteiger partial charge < -0.3 is 20.1 Å². The van der Waals surface area contributed by atoms with Crippen LogP contribution in [0.5, 0.6) is 11.5 Å². The van der Waals surface area contributed by atoms with Crippen molar-refractivity contribution in [2.75, 3.05) is 20.7 Å². The number of halogens is 2. The number of ether oxygens (including phenoxy) is 2. The van der Waals surface area contributed by atoms with Crippen LogP contribution in [0.3, 0.4) is 0 Å². The van der Waals surface area contributed by atoms with Crippen LogP contribution in [0.4, 0.5) is 8.78 Å². The van der Waals surface area contributed by atoms with E-state index in [1.54, 1.807) is 30.5 Å². The number of alkyl halides is 2. The quantitative estimate of drug-likeness (QED) is 0.537. The lowest BCUT2D eigenvalue weighted by molar-refractivity contribution is -0.0505. The molecule has 1 aromatic heterocycles. The normalized spacial score (nSPS) is 12.8. The second kappa shape index (κ2) is 9.96. The predicted octanol–water partition coefficient (Wildman–Crippen LogP) is 3.83. The molecule has 1 aromatic carbocycles. The van der Waals surface area contributed by atoms with E-state index in [9.17, 15) is 8.78 Å². The molecule has 2 rings (SSSR count). The Morgan fingerprint density at radius 3 is 2.69 bits per heavy atom. The maximum atomic E-state index is 12.6. The summed E-state index contributed by atoms with van der Waals surface area (Å²) in [6, 6.07) is 6.92. The molecule has 0 bridgehead atoms. The van der Waals surface area contributed by atoms with E-state index >= 15 is 0 Å². The third-order valence-corrected chi connectivity index (χ3v) is 4.55. The summed E-state index contributed by atoms with van der Waals surface area (Å²) < 4.78 is 34.9. The lowest BCUT2D eigenvalue weighted by Crippen LogP contribution is -2.38. The van der Waals surface area contributed by atoms with Crippen LogP contribution in [0.2, 0.25) is 0 Å². The number of benzene rings is 1. The number of hydrogen-bond donors (Lipinski definition) is 2. The summed E-state index contributed by atoms with van der Waals surface area (Å²) in [5, 5.41) is 10.5. The zero-order valence-corrected chi connectivity index (χ0v) is 15.8. The minimum absolute atomic E-state index is 0.0777. The highest BCUT2D eigenvalue weighted by atomic mass is 32.1. The van der Waals surface area contributed by atoms with E-state index in [4.69, 9.17) is 4.74 Å². The lowest BCUT2D eigenvalue weighted by atomic mass is 10.1. The Morgan fingerprint density at radius 2 is 2.08 bits per heavy atom. The number of nitrogens with one attached hydrogen (secondary N) is 2. The molecule has 2 N–H and O–H groups in total. The summed E-state index contributed by atoms with van der Waals surface area (Å²) >= 11 is 1.67. The van der Waals surface area contributed by atoms with Crippen molar-refractivity contribution < 1.29 is 18.3 Å². The molecule has 26 heavy (non-hydrogen) atoms. The van der Waals surface area contributed by atoms with E-state index in [-0.39, 0.29) is 5.75 Å². The Balaban J connectivity index is 1.95. The smallest absolute Gasteiger partial charge is 0.387 e. The molecule has 142 valence electrons. The molecule has 0 spiro atoms. The van der Waals surface area contributed by atoms with Crippen LogP contribution in [0.25, 0.3) is 0 Å². The molecule has 0 saturated heterocycles. The molecule has 1 unspecified atom stereocenters. The van der Waals surface area contributed by atoms with Gasteiger partial charge in [0.2, 0.25) is 0 Å². The van der Waals surface area contributed by atoms with E-state index in [0.29, 0.717) is 36.3 Å². The fourth-order valence-corrected chi connectivity index (χ4v) is 3.12. The van der Waals surface area contributed by atoms with Crippen molar-refractivity contribution in [1.82, 2.24) is 10.6 Å². The highest BCUT2D eigenvalue weighted by Gasteiger charge is 2.12. The summed E-state index contributed by atoms with van der Waals surface area (Å²) in [7, 11) is 3.13. The Bertz CT molecular complexity index is 708. The van der Waals surface area contributed by atoms with Gasteiger partial charge in [0.25, 0.3) is 0 Å². The van der Waals surface area contributed by atoms with Gasteiger partial charge in [-0.15, -0.1) is 0 Å². The first-order valence-electron chi connectivity index (χ1n) is 8.11. The Kier molecular flexibility index (Phi) is 7.65. The van der Waals surface area contributed by atoms with E-state index < -0.39 is 6.61 Å². The molecule has 0 amide bonds. The minimum atomic E-state index is -2.90. The van der Waals surface area contributed by atoms with Crippen LogP contribution in [-0.2, 0) is 6.54 Å². The molecular weight excluding hydrogens is 360 g/mol. The number of guanidine groups is 1. The molecule has 0 aliphatic heterocycles. The van der Waals surface area contributed by atoms with Gasteiger partial charge in [-0.05, 0) is 40.4 Å². The molecule has 0 fully saturated rings. The number of rotatable bonds is 8. The topological polar surface area (TPSA) is 54.9 Å². The summed E-state index contributed by atoms with van der Waals surface area (Å²) in [4.78, 5) is 4.16. The van der Waals surface area contributed by atoms with Crippen LogP contribution >= 0.6 is 11.3 Å². The maximum Gasteiger partial charge on any atom is 0.387 e. The Hall–Kier alpha value is -2.35. The van der Waals surface area contributed by atoms with Crippen molar-refractivity contribution in [3.63, 3.8) is 0 Å². The van der Waals surface area contributed by atoms with Crippen LogP contribution < -0.4 is 20.1 Å². The molecule has 2 aromatic rings. The number of hydrogen-bond acceptors (Lipinski definition) is 4. The second-order valence-electron chi connectivity index (χ2n) is 5.62. The van der Waals surface area contributed by atoms with Crippen molar-refractivity contribution in [3.05, 3.63) is 46.2 Å². The first-order valence-corrected chi connectivity index (χ1v) is 9.06. The number of thiophene rings is 1. The molecule has 1 heterocycles. The molecule has 0 saturated carbocycles. The van der Waals surface area contributed by atoms with Gasteiger partial charge in [-0.1, -0.05) is 6.92 Å². The standard InChI is InChI=1S/C18H23F2N3O2S/c1-12(14-6-7-26-11-14)9-22-18(21-2)23-10-13-4-5-15(24-3)8-16(13)25-17(19)20/h4-8,11-12,17H,9-10H2,1-3H3,(H2,21,22,23). The van der Waals surface area contributed by atoms with Crippen molar-refractivity contribution in [3.8, 4) is 11.5 Å². The largest absolute Gasteiger partial charge is 0.497 e. The van der Waals surface area contributed by atoms with Gasteiger partial charge in [0.05, 0.1) is 7.11 Å². The average molecular weight is 383 g/mol. The highest BCUT2D eigenvalue weighted by Crippen LogP contribution is 2.26. The van der Waals surface area contributed by atoms with E-state index in [0.717, 1.165) is 0 Å². The predicted molar refractivity (Wildman–Crippen MR) is 101 cm³/mol. The van der Waals surface area contributed by atoms with Crippen molar-refractivity contribution in [2.24, 2.45) is 4.99 Å². The highest BCUT2D eigenvalue weighted by molar-refractivity contribution is 7.07. The van der Waals surface area contributed by atoms with Gasteiger partial charge in [-0.2, -0.15) is 20.1 Å². The number of nitrogens with zero attached hydrogens (tertiary/aromatic N) is 1. The van der Waals surface area contributed by atoms with Crippen LogP contribution in [0.1, 0.15) is 24.0 Å². The zero-order valence-electron chi connectivity index (χ0n) is 15.0. The summed E-state index contributed by atoms with van der Waals surface area (Å²) in [5.41, 5.74) is 1.85. The summed E-state index contributed by atoms with van der Waals surface area (Å²) in [6.07, 6.45) is 0. The molecular formula is C18H23F2N3O2S.